The summed E-state index contributed by atoms with van der Waals surface area (Å²) in [5.41, 5.74) is -0.0288. The lowest BCUT2D eigenvalue weighted by atomic mass is 9.98. The van der Waals surface area contributed by atoms with Gasteiger partial charge in [-0.15, -0.1) is 0 Å². The van der Waals surface area contributed by atoms with E-state index >= 15 is 0 Å². The van der Waals surface area contributed by atoms with Gasteiger partial charge in [-0.25, -0.2) is 4.79 Å². The molecule has 2 rings (SSSR count). The van der Waals surface area contributed by atoms with E-state index < -0.39 is 23.3 Å². The fraction of sp³-hybridized carbons (Fsp3) is 0.0667. The molecule has 0 aromatic heterocycles. The number of benzene rings is 2. The Morgan fingerprint density at radius 3 is 2.24 bits per heavy atom. The van der Waals surface area contributed by atoms with Crippen molar-refractivity contribution in [3.8, 4) is 17.2 Å². The van der Waals surface area contributed by atoms with Gasteiger partial charge in [0, 0.05) is 12.0 Å². The lowest BCUT2D eigenvalue weighted by Gasteiger charge is -2.08. The van der Waals surface area contributed by atoms with Crippen LogP contribution in [-0.4, -0.2) is 32.2 Å². The van der Waals surface area contributed by atoms with Gasteiger partial charge in [-0.1, -0.05) is 12.1 Å². The molecule has 4 N–H and O–H groups in total. The number of rotatable bonds is 4. The molecule has 2 aromatic carbocycles. The van der Waals surface area contributed by atoms with E-state index in [1.165, 1.54) is 30.3 Å². The summed E-state index contributed by atoms with van der Waals surface area (Å²) in [5, 5.41) is 37.2. The number of aromatic carboxylic acids is 1. The van der Waals surface area contributed by atoms with Crippen LogP contribution in [0, 0.1) is 0 Å². The third-order valence-electron chi connectivity index (χ3n) is 2.99. The Bertz CT molecular complexity index is 720. The van der Waals surface area contributed by atoms with Crippen LogP contribution in [-0.2, 0) is 6.42 Å². The van der Waals surface area contributed by atoms with Gasteiger partial charge < -0.3 is 20.4 Å². The van der Waals surface area contributed by atoms with E-state index in [1.807, 2.05) is 0 Å². The maximum Gasteiger partial charge on any atom is 0.339 e. The van der Waals surface area contributed by atoms with E-state index in [9.17, 15) is 24.9 Å². The smallest absolute Gasteiger partial charge is 0.339 e. The SMILES string of the molecule is O=C(Cc1cccc(O)c1C(=O)O)c1ccc(O)c(O)c1. The number of phenolic OH excluding ortho intramolecular Hbond substituents is 2. The van der Waals surface area contributed by atoms with Crippen molar-refractivity contribution < 1.29 is 30.0 Å². The second kappa shape index (κ2) is 5.54. The van der Waals surface area contributed by atoms with E-state index in [2.05, 4.69) is 0 Å². The highest BCUT2D eigenvalue weighted by Gasteiger charge is 2.18. The minimum atomic E-state index is -1.33. The van der Waals surface area contributed by atoms with E-state index in [4.69, 9.17) is 5.11 Å². The molecule has 0 saturated heterocycles. The average molecular weight is 288 g/mol. The van der Waals surface area contributed by atoms with Crippen molar-refractivity contribution in [1.29, 1.82) is 0 Å². The average Bonchev–Trinajstić information content (AvgIpc) is 2.41. The molecule has 6 nitrogen and oxygen atoms in total. The zero-order chi connectivity index (χ0) is 15.6. The van der Waals surface area contributed by atoms with Gasteiger partial charge in [0.15, 0.2) is 17.3 Å². The number of carboxylic acids is 1. The number of Topliss-reactive ketones (excluding diaryl/α,β-unsaturated/α-hetero) is 1. The van der Waals surface area contributed by atoms with Crippen LogP contribution in [0.1, 0.15) is 26.3 Å². The number of ketones is 1. The van der Waals surface area contributed by atoms with Crippen molar-refractivity contribution in [2.75, 3.05) is 0 Å². The fourth-order valence-corrected chi connectivity index (χ4v) is 1.95. The third-order valence-corrected chi connectivity index (χ3v) is 2.99. The van der Waals surface area contributed by atoms with Crippen molar-refractivity contribution in [3.63, 3.8) is 0 Å². The summed E-state index contributed by atoms with van der Waals surface area (Å²) in [7, 11) is 0. The Morgan fingerprint density at radius 1 is 0.905 bits per heavy atom. The van der Waals surface area contributed by atoms with Gasteiger partial charge in [0.25, 0.3) is 0 Å². The maximum atomic E-state index is 12.1. The molecular weight excluding hydrogens is 276 g/mol. The van der Waals surface area contributed by atoms with Crippen LogP contribution in [0.2, 0.25) is 0 Å². The van der Waals surface area contributed by atoms with Gasteiger partial charge in [-0.2, -0.15) is 0 Å². The molecule has 0 radical (unpaired) electrons. The Balaban J connectivity index is 2.34. The highest BCUT2D eigenvalue weighted by Crippen LogP contribution is 2.27. The molecule has 6 heteroatoms. The molecule has 0 aliphatic rings. The molecule has 108 valence electrons. The molecule has 0 fully saturated rings. The molecule has 0 spiro atoms. The van der Waals surface area contributed by atoms with Gasteiger partial charge in [0.1, 0.15) is 11.3 Å². The first-order valence-electron chi connectivity index (χ1n) is 5.99. The first-order chi connectivity index (χ1) is 9.90. The Morgan fingerprint density at radius 2 is 1.62 bits per heavy atom. The van der Waals surface area contributed by atoms with Gasteiger partial charge >= 0.3 is 5.97 Å². The van der Waals surface area contributed by atoms with Gasteiger partial charge in [0.2, 0.25) is 0 Å². The van der Waals surface area contributed by atoms with Crippen LogP contribution in [0.5, 0.6) is 17.2 Å². The van der Waals surface area contributed by atoms with E-state index in [-0.39, 0.29) is 28.9 Å². The third kappa shape index (κ3) is 2.94. The first kappa shape index (κ1) is 14.4. The molecule has 0 aliphatic carbocycles. The fourth-order valence-electron chi connectivity index (χ4n) is 1.95. The summed E-state index contributed by atoms with van der Waals surface area (Å²) in [5.74, 6) is -2.98. The number of aromatic hydroxyl groups is 3. The summed E-state index contributed by atoms with van der Waals surface area (Å²) < 4.78 is 0. The van der Waals surface area contributed by atoms with Crippen LogP contribution < -0.4 is 0 Å². The van der Waals surface area contributed by atoms with Crippen molar-refractivity contribution in [2.24, 2.45) is 0 Å². The molecule has 0 aliphatic heterocycles. The Hall–Kier alpha value is -3.02. The molecule has 0 unspecified atom stereocenters. The van der Waals surface area contributed by atoms with Gasteiger partial charge in [-0.3, -0.25) is 4.79 Å². The predicted octanol–water partition coefficient (Wildman–Crippen LogP) is 1.93. The van der Waals surface area contributed by atoms with Crippen molar-refractivity contribution >= 4 is 11.8 Å². The summed E-state index contributed by atoms with van der Waals surface area (Å²) in [6.07, 6.45) is -0.250. The summed E-state index contributed by atoms with van der Waals surface area (Å²) in [4.78, 5) is 23.2. The normalized spacial score (nSPS) is 10.3. The van der Waals surface area contributed by atoms with Gasteiger partial charge in [0.05, 0.1) is 0 Å². The molecule has 0 amide bonds. The minimum Gasteiger partial charge on any atom is -0.507 e. The first-order valence-corrected chi connectivity index (χ1v) is 5.99. The summed E-state index contributed by atoms with van der Waals surface area (Å²) >= 11 is 0. The monoisotopic (exact) mass is 288 g/mol. The molecule has 2 aromatic rings. The quantitative estimate of drug-likeness (QED) is 0.504. The van der Waals surface area contributed by atoms with Gasteiger partial charge in [-0.05, 0) is 29.8 Å². The minimum absolute atomic E-state index is 0.130. The zero-order valence-corrected chi connectivity index (χ0v) is 10.8. The zero-order valence-electron chi connectivity index (χ0n) is 10.8. The molecule has 21 heavy (non-hydrogen) atoms. The highest BCUT2D eigenvalue weighted by atomic mass is 16.4. The maximum absolute atomic E-state index is 12.1. The number of carbonyl (C=O) groups excluding carboxylic acids is 1. The standard InChI is InChI=1S/C15H12O6/c16-10-5-4-8(6-13(10)19)12(18)7-9-2-1-3-11(17)14(9)15(20)21/h1-6,16-17,19H,7H2,(H,20,21). The summed E-state index contributed by atoms with van der Waals surface area (Å²) in [6.45, 7) is 0. The number of carbonyl (C=O) groups is 2. The second-order valence-electron chi connectivity index (χ2n) is 4.42. The molecule has 0 bridgehead atoms. The lowest BCUT2D eigenvalue weighted by Crippen LogP contribution is -2.09. The van der Waals surface area contributed by atoms with Crippen molar-refractivity contribution in [2.45, 2.75) is 6.42 Å². The van der Waals surface area contributed by atoms with E-state index in [0.717, 1.165) is 6.07 Å². The molecule has 0 heterocycles. The van der Waals surface area contributed by atoms with Crippen LogP contribution in [0.4, 0.5) is 0 Å². The Kier molecular flexibility index (Phi) is 3.80. The second-order valence-corrected chi connectivity index (χ2v) is 4.42. The molecule has 0 atom stereocenters. The van der Waals surface area contributed by atoms with E-state index in [0.29, 0.717) is 0 Å². The van der Waals surface area contributed by atoms with Crippen LogP contribution >= 0.6 is 0 Å². The molecular formula is C15H12O6. The number of carboxylic acid groups (broad SMARTS) is 1. The lowest BCUT2D eigenvalue weighted by molar-refractivity contribution is 0.0692. The van der Waals surface area contributed by atoms with Crippen LogP contribution in [0.3, 0.4) is 0 Å². The van der Waals surface area contributed by atoms with Crippen molar-refractivity contribution in [3.05, 3.63) is 53.1 Å². The topological polar surface area (TPSA) is 115 Å². The van der Waals surface area contributed by atoms with E-state index in [1.54, 1.807) is 0 Å². The van der Waals surface area contributed by atoms with Crippen LogP contribution in [0.15, 0.2) is 36.4 Å². The highest BCUT2D eigenvalue weighted by molar-refractivity contribution is 6.00. The van der Waals surface area contributed by atoms with Crippen LogP contribution in [0.25, 0.3) is 0 Å². The number of hydrogen-bond acceptors (Lipinski definition) is 5. The summed E-state index contributed by atoms with van der Waals surface area (Å²) in [6, 6.07) is 7.69. The van der Waals surface area contributed by atoms with Crippen molar-refractivity contribution in [1.82, 2.24) is 0 Å². The molecule has 0 saturated carbocycles. The number of phenols is 3. The largest absolute Gasteiger partial charge is 0.507 e. The predicted molar refractivity (Wildman–Crippen MR) is 72.9 cm³/mol. The Labute approximate surface area is 119 Å². The number of hydrogen-bond donors (Lipinski definition) is 4.